The van der Waals surface area contributed by atoms with Crippen LogP contribution in [0.25, 0.3) is 0 Å². The van der Waals surface area contributed by atoms with Crippen molar-refractivity contribution in [3.05, 3.63) is 35.9 Å². The molecule has 1 rings (SSSR count). The van der Waals surface area contributed by atoms with Gasteiger partial charge in [-0.15, -0.1) is 0 Å². The van der Waals surface area contributed by atoms with Crippen LogP contribution in [0.15, 0.2) is 30.3 Å². The van der Waals surface area contributed by atoms with E-state index in [2.05, 4.69) is 22.3 Å². The largest absolute Gasteiger partial charge is 0.480 e. The Morgan fingerprint density at radius 1 is 1.37 bits per heavy atom. The van der Waals surface area contributed by atoms with Crippen LogP contribution in [-0.4, -0.2) is 48.2 Å². The van der Waals surface area contributed by atoms with Gasteiger partial charge >= 0.3 is 5.97 Å². The van der Waals surface area contributed by atoms with Gasteiger partial charge in [0.25, 0.3) is 0 Å². The van der Waals surface area contributed by atoms with Crippen LogP contribution in [0.3, 0.4) is 0 Å². The number of hydrogen-bond acceptors (Lipinski definition) is 3. The van der Waals surface area contributed by atoms with Crippen LogP contribution in [0, 0.1) is 0 Å². The summed E-state index contributed by atoms with van der Waals surface area (Å²) >= 11 is 0. The first kappa shape index (κ1) is 15.7. The van der Waals surface area contributed by atoms with Crippen LogP contribution in [0.4, 0.5) is 0 Å². The first-order valence-corrected chi connectivity index (χ1v) is 6.69. The second kappa shape index (κ2) is 7.26. The molecule has 0 spiro atoms. The zero-order valence-corrected chi connectivity index (χ0v) is 12.0. The molecule has 0 aliphatic rings. The van der Waals surface area contributed by atoms with Crippen LogP contribution < -0.4 is 5.32 Å². The minimum absolute atomic E-state index is 0.489. The number of carbonyl (C=O) groups is 1. The number of nitrogens with zero attached hydrogens (tertiary/aromatic N) is 1. The van der Waals surface area contributed by atoms with Gasteiger partial charge in [-0.2, -0.15) is 0 Å². The average molecular weight is 264 g/mol. The number of carboxylic acids is 1. The SMILES string of the molecule is CCNC(C)(CN(C)CCc1ccccc1)C(=O)O. The molecule has 0 fully saturated rings. The second-order valence-electron chi connectivity index (χ2n) is 5.14. The summed E-state index contributed by atoms with van der Waals surface area (Å²) in [6.45, 7) is 5.64. The standard InChI is InChI=1S/C15H24N2O2/c1-4-16-15(2,14(18)19)12-17(3)11-10-13-8-6-5-7-9-13/h5-9,16H,4,10-12H2,1-3H3,(H,18,19). The summed E-state index contributed by atoms with van der Waals surface area (Å²) < 4.78 is 0. The molecular weight excluding hydrogens is 240 g/mol. The Morgan fingerprint density at radius 3 is 2.53 bits per heavy atom. The lowest BCUT2D eigenvalue weighted by Gasteiger charge is -2.30. The van der Waals surface area contributed by atoms with E-state index in [1.54, 1.807) is 6.92 Å². The lowest BCUT2D eigenvalue weighted by Crippen LogP contribution is -2.56. The third-order valence-corrected chi connectivity index (χ3v) is 3.25. The summed E-state index contributed by atoms with van der Waals surface area (Å²) in [7, 11) is 1.96. The summed E-state index contributed by atoms with van der Waals surface area (Å²) in [5, 5.41) is 12.4. The molecule has 0 aliphatic carbocycles. The predicted molar refractivity (Wildman–Crippen MR) is 77.4 cm³/mol. The van der Waals surface area contributed by atoms with Gasteiger partial charge in [-0.1, -0.05) is 37.3 Å². The maximum absolute atomic E-state index is 11.3. The molecule has 0 bridgehead atoms. The van der Waals surface area contributed by atoms with E-state index in [9.17, 15) is 9.90 Å². The van der Waals surface area contributed by atoms with Crippen molar-refractivity contribution in [3.8, 4) is 0 Å². The highest BCUT2D eigenvalue weighted by Gasteiger charge is 2.33. The fraction of sp³-hybridized carbons (Fsp3) is 0.533. The minimum Gasteiger partial charge on any atom is -0.480 e. The summed E-state index contributed by atoms with van der Waals surface area (Å²) in [5.41, 5.74) is 0.384. The van der Waals surface area contributed by atoms with Crippen molar-refractivity contribution in [3.63, 3.8) is 0 Å². The van der Waals surface area contributed by atoms with Crippen LogP contribution in [-0.2, 0) is 11.2 Å². The van der Waals surface area contributed by atoms with Crippen molar-refractivity contribution in [2.45, 2.75) is 25.8 Å². The Morgan fingerprint density at radius 2 is 2.00 bits per heavy atom. The molecular formula is C15H24N2O2. The van der Waals surface area contributed by atoms with E-state index >= 15 is 0 Å². The number of rotatable bonds is 8. The van der Waals surface area contributed by atoms with Crippen LogP contribution in [0.5, 0.6) is 0 Å². The summed E-state index contributed by atoms with van der Waals surface area (Å²) in [6, 6.07) is 10.2. The van der Waals surface area contributed by atoms with Gasteiger partial charge in [0.15, 0.2) is 0 Å². The summed E-state index contributed by atoms with van der Waals surface area (Å²) in [4.78, 5) is 13.4. The van der Waals surface area contributed by atoms with Gasteiger partial charge in [0, 0.05) is 13.1 Å². The molecule has 2 N–H and O–H groups in total. The fourth-order valence-electron chi connectivity index (χ4n) is 2.17. The second-order valence-corrected chi connectivity index (χ2v) is 5.14. The highest BCUT2D eigenvalue weighted by atomic mass is 16.4. The smallest absolute Gasteiger partial charge is 0.324 e. The van der Waals surface area contributed by atoms with Gasteiger partial charge in [-0.05, 0) is 32.5 Å². The van der Waals surface area contributed by atoms with E-state index in [-0.39, 0.29) is 0 Å². The molecule has 0 amide bonds. The van der Waals surface area contributed by atoms with Crippen molar-refractivity contribution in [1.29, 1.82) is 0 Å². The summed E-state index contributed by atoms with van der Waals surface area (Å²) in [5.74, 6) is -0.805. The molecule has 0 radical (unpaired) electrons. The predicted octanol–water partition coefficient (Wildman–Crippen LogP) is 1.61. The van der Waals surface area contributed by atoms with Crippen molar-refractivity contribution in [2.24, 2.45) is 0 Å². The van der Waals surface area contributed by atoms with Gasteiger partial charge in [0.05, 0.1) is 0 Å². The zero-order valence-electron chi connectivity index (χ0n) is 12.0. The Kier molecular flexibility index (Phi) is 5.99. The summed E-state index contributed by atoms with van der Waals surface area (Å²) in [6.07, 6.45) is 0.930. The molecule has 4 nitrogen and oxygen atoms in total. The molecule has 0 saturated carbocycles. The van der Waals surface area contributed by atoms with E-state index in [4.69, 9.17) is 0 Å². The maximum atomic E-state index is 11.3. The van der Waals surface area contributed by atoms with E-state index in [1.807, 2.05) is 32.2 Å². The van der Waals surface area contributed by atoms with E-state index < -0.39 is 11.5 Å². The molecule has 1 unspecified atom stereocenters. The fourth-order valence-corrected chi connectivity index (χ4v) is 2.17. The highest BCUT2D eigenvalue weighted by molar-refractivity contribution is 5.78. The van der Waals surface area contributed by atoms with Crippen LogP contribution in [0.2, 0.25) is 0 Å². The molecule has 0 saturated heterocycles. The first-order chi connectivity index (χ1) is 8.98. The molecule has 1 aromatic rings. The van der Waals surface area contributed by atoms with E-state index in [0.29, 0.717) is 13.1 Å². The third kappa shape index (κ3) is 5.01. The molecule has 1 atom stereocenters. The molecule has 0 aromatic heterocycles. The van der Waals surface area contributed by atoms with E-state index in [0.717, 1.165) is 13.0 Å². The lowest BCUT2D eigenvalue weighted by molar-refractivity contribution is -0.144. The quantitative estimate of drug-likeness (QED) is 0.749. The van der Waals surface area contributed by atoms with Gasteiger partial charge in [0.1, 0.15) is 5.54 Å². The number of benzene rings is 1. The number of likely N-dealkylation sites (N-methyl/N-ethyl adjacent to an activating group) is 2. The number of carboxylic acid groups (broad SMARTS) is 1. The number of aliphatic carboxylic acids is 1. The number of hydrogen-bond donors (Lipinski definition) is 2. The molecule has 4 heteroatoms. The van der Waals surface area contributed by atoms with Crippen molar-refractivity contribution >= 4 is 5.97 Å². The molecule has 106 valence electrons. The third-order valence-electron chi connectivity index (χ3n) is 3.25. The lowest BCUT2D eigenvalue weighted by atomic mass is 10.0. The average Bonchev–Trinajstić information content (AvgIpc) is 2.37. The zero-order chi connectivity index (χ0) is 14.3. The maximum Gasteiger partial charge on any atom is 0.324 e. The first-order valence-electron chi connectivity index (χ1n) is 6.69. The van der Waals surface area contributed by atoms with Crippen LogP contribution >= 0.6 is 0 Å². The van der Waals surface area contributed by atoms with Crippen LogP contribution in [0.1, 0.15) is 19.4 Å². The van der Waals surface area contributed by atoms with Gasteiger partial charge < -0.3 is 15.3 Å². The Bertz CT molecular complexity index is 394. The molecule has 19 heavy (non-hydrogen) atoms. The topological polar surface area (TPSA) is 52.6 Å². The molecule has 1 aromatic carbocycles. The Labute approximate surface area is 115 Å². The van der Waals surface area contributed by atoms with Crippen molar-refractivity contribution in [2.75, 3.05) is 26.7 Å². The Hall–Kier alpha value is -1.39. The van der Waals surface area contributed by atoms with E-state index in [1.165, 1.54) is 5.56 Å². The van der Waals surface area contributed by atoms with Crippen molar-refractivity contribution < 1.29 is 9.90 Å². The molecule has 0 heterocycles. The monoisotopic (exact) mass is 264 g/mol. The van der Waals surface area contributed by atoms with Gasteiger partial charge in [-0.3, -0.25) is 4.79 Å². The van der Waals surface area contributed by atoms with Crippen molar-refractivity contribution in [1.82, 2.24) is 10.2 Å². The Balaban J connectivity index is 2.49. The highest BCUT2D eigenvalue weighted by Crippen LogP contribution is 2.08. The minimum atomic E-state index is -0.889. The normalized spacial score (nSPS) is 14.3. The number of nitrogens with one attached hydrogen (secondary N) is 1. The molecule has 0 aliphatic heterocycles. The van der Waals surface area contributed by atoms with Gasteiger partial charge in [-0.25, -0.2) is 0 Å². The van der Waals surface area contributed by atoms with Gasteiger partial charge in [0.2, 0.25) is 0 Å².